The second-order valence-corrected chi connectivity index (χ2v) is 8.89. The highest BCUT2D eigenvalue weighted by Crippen LogP contribution is 2.22. The molecule has 3 aromatic carbocycles. The van der Waals surface area contributed by atoms with Gasteiger partial charge in [-0.15, -0.1) is 0 Å². The number of benzene rings is 3. The molecule has 8 heteroatoms. The van der Waals surface area contributed by atoms with Crippen LogP contribution in [0.5, 0.6) is 5.75 Å². The molecule has 1 amide bonds. The molecular weight excluding hydrogens is 436 g/mol. The van der Waals surface area contributed by atoms with Crippen molar-refractivity contribution < 1.29 is 26.2 Å². The van der Waals surface area contributed by atoms with Crippen LogP contribution in [0, 0.1) is 11.6 Å². The number of carbonyl (C=O) groups is 1. The standard InChI is InChI=1S/C24H23F2NO4S/c1-3-17(2)27(24(28)19-7-5-8-21(26)15-19)16-18-6-4-9-22(14-18)31-32(29,30)23-12-10-20(25)11-13-23/h4-15,17H,3,16H2,1-2H3/t17-/m1/s1. The summed E-state index contributed by atoms with van der Waals surface area (Å²) in [5.41, 5.74) is 0.874. The van der Waals surface area contributed by atoms with Crippen LogP contribution in [0.1, 0.15) is 36.2 Å². The van der Waals surface area contributed by atoms with Crippen LogP contribution in [0.15, 0.2) is 77.7 Å². The number of carbonyl (C=O) groups excluding carboxylic acids is 1. The van der Waals surface area contributed by atoms with Crippen molar-refractivity contribution in [2.45, 2.75) is 37.8 Å². The lowest BCUT2D eigenvalue weighted by molar-refractivity contribution is 0.0671. The maximum atomic E-state index is 13.6. The SMILES string of the molecule is CC[C@@H](C)N(Cc1cccc(OS(=O)(=O)c2ccc(F)cc2)c1)C(=O)c1cccc(F)c1. The van der Waals surface area contributed by atoms with Crippen molar-refractivity contribution >= 4 is 16.0 Å². The number of hydrogen-bond donors (Lipinski definition) is 0. The van der Waals surface area contributed by atoms with E-state index in [1.54, 1.807) is 23.1 Å². The molecule has 0 heterocycles. The highest BCUT2D eigenvalue weighted by Gasteiger charge is 2.22. The van der Waals surface area contributed by atoms with E-state index >= 15 is 0 Å². The minimum Gasteiger partial charge on any atom is -0.379 e. The molecule has 0 spiro atoms. The smallest absolute Gasteiger partial charge is 0.339 e. The van der Waals surface area contributed by atoms with Gasteiger partial charge in [0, 0.05) is 18.2 Å². The van der Waals surface area contributed by atoms with Gasteiger partial charge in [0.2, 0.25) is 0 Å². The molecular formula is C24H23F2NO4S. The van der Waals surface area contributed by atoms with E-state index in [2.05, 4.69) is 0 Å². The van der Waals surface area contributed by atoms with E-state index in [9.17, 15) is 22.0 Å². The molecule has 3 aromatic rings. The van der Waals surface area contributed by atoms with Gasteiger partial charge >= 0.3 is 10.1 Å². The maximum Gasteiger partial charge on any atom is 0.339 e. The van der Waals surface area contributed by atoms with Gasteiger partial charge in [0.15, 0.2) is 0 Å². The van der Waals surface area contributed by atoms with Gasteiger partial charge in [0.1, 0.15) is 22.3 Å². The monoisotopic (exact) mass is 459 g/mol. The molecule has 0 saturated heterocycles. The summed E-state index contributed by atoms with van der Waals surface area (Å²) in [4.78, 5) is 14.5. The Hall–Kier alpha value is -3.26. The highest BCUT2D eigenvalue weighted by atomic mass is 32.2. The second kappa shape index (κ2) is 9.91. The van der Waals surface area contributed by atoms with Gasteiger partial charge in [-0.25, -0.2) is 8.78 Å². The fourth-order valence-corrected chi connectivity index (χ4v) is 4.03. The molecule has 0 aromatic heterocycles. The van der Waals surface area contributed by atoms with Gasteiger partial charge < -0.3 is 9.08 Å². The predicted molar refractivity (Wildman–Crippen MR) is 117 cm³/mol. The molecule has 3 rings (SSSR count). The summed E-state index contributed by atoms with van der Waals surface area (Å²) >= 11 is 0. The quantitative estimate of drug-likeness (QED) is 0.436. The van der Waals surface area contributed by atoms with Crippen LogP contribution in [0.25, 0.3) is 0 Å². The van der Waals surface area contributed by atoms with Crippen LogP contribution in [-0.2, 0) is 16.7 Å². The van der Waals surface area contributed by atoms with E-state index in [0.29, 0.717) is 12.0 Å². The zero-order valence-electron chi connectivity index (χ0n) is 17.7. The molecule has 0 N–H and O–H groups in total. The summed E-state index contributed by atoms with van der Waals surface area (Å²) in [7, 11) is -4.15. The minimum absolute atomic E-state index is 0.0640. The highest BCUT2D eigenvalue weighted by molar-refractivity contribution is 7.87. The molecule has 0 aliphatic rings. The summed E-state index contributed by atoms with van der Waals surface area (Å²) in [6.07, 6.45) is 0.677. The lowest BCUT2D eigenvalue weighted by Crippen LogP contribution is -2.37. The van der Waals surface area contributed by atoms with E-state index in [0.717, 1.165) is 24.3 Å². The number of hydrogen-bond acceptors (Lipinski definition) is 4. The van der Waals surface area contributed by atoms with Crippen molar-refractivity contribution in [3.05, 3.63) is 95.6 Å². The zero-order chi connectivity index (χ0) is 23.3. The van der Waals surface area contributed by atoms with Crippen molar-refractivity contribution in [3.63, 3.8) is 0 Å². The molecule has 5 nitrogen and oxygen atoms in total. The van der Waals surface area contributed by atoms with Gasteiger partial charge in [-0.1, -0.05) is 25.1 Å². The van der Waals surface area contributed by atoms with E-state index in [-0.39, 0.29) is 34.7 Å². The fourth-order valence-electron chi connectivity index (χ4n) is 3.10. The van der Waals surface area contributed by atoms with E-state index in [1.165, 1.54) is 30.3 Å². The van der Waals surface area contributed by atoms with Crippen LogP contribution >= 0.6 is 0 Å². The summed E-state index contributed by atoms with van der Waals surface area (Å²) < 4.78 is 56.9. The predicted octanol–water partition coefficient (Wildman–Crippen LogP) is 5.17. The van der Waals surface area contributed by atoms with Crippen molar-refractivity contribution in [1.82, 2.24) is 4.90 Å². The molecule has 0 aliphatic heterocycles. The zero-order valence-corrected chi connectivity index (χ0v) is 18.5. The van der Waals surface area contributed by atoms with Gasteiger partial charge in [0.05, 0.1) is 0 Å². The number of nitrogens with zero attached hydrogens (tertiary/aromatic N) is 1. The topological polar surface area (TPSA) is 63.7 Å². The Bertz CT molecular complexity index is 1200. The van der Waals surface area contributed by atoms with Gasteiger partial charge in [-0.2, -0.15) is 8.42 Å². The first-order chi connectivity index (χ1) is 15.2. The molecule has 0 saturated carbocycles. The number of halogens is 2. The molecule has 168 valence electrons. The minimum atomic E-state index is -4.15. The fraction of sp³-hybridized carbons (Fsp3) is 0.208. The molecule has 0 unspecified atom stereocenters. The number of amides is 1. The molecule has 0 bridgehead atoms. The largest absolute Gasteiger partial charge is 0.379 e. The van der Waals surface area contributed by atoms with Crippen molar-refractivity contribution in [1.29, 1.82) is 0 Å². The summed E-state index contributed by atoms with van der Waals surface area (Å²) in [6, 6.07) is 16.0. The van der Waals surface area contributed by atoms with E-state index in [4.69, 9.17) is 4.18 Å². The summed E-state index contributed by atoms with van der Waals surface area (Å²) in [6.45, 7) is 4.00. The molecule has 32 heavy (non-hydrogen) atoms. The molecule has 0 radical (unpaired) electrons. The summed E-state index contributed by atoms with van der Waals surface area (Å²) in [5, 5.41) is 0. The normalized spacial score (nSPS) is 12.2. The average Bonchev–Trinajstić information content (AvgIpc) is 2.77. The molecule has 1 atom stereocenters. The first kappa shape index (κ1) is 23.4. The Kier molecular flexibility index (Phi) is 7.25. The van der Waals surface area contributed by atoms with Gasteiger partial charge in [0.25, 0.3) is 5.91 Å². The maximum absolute atomic E-state index is 13.6. The first-order valence-corrected chi connectivity index (χ1v) is 11.5. The van der Waals surface area contributed by atoms with Crippen molar-refractivity contribution in [3.8, 4) is 5.75 Å². The Morgan fingerprint density at radius 2 is 1.66 bits per heavy atom. The van der Waals surface area contributed by atoms with Crippen molar-refractivity contribution in [2.75, 3.05) is 0 Å². The van der Waals surface area contributed by atoms with Crippen LogP contribution < -0.4 is 4.18 Å². The van der Waals surface area contributed by atoms with Crippen LogP contribution in [0.3, 0.4) is 0 Å². The Balaban J connectivity index is 1.83. The van der Waals surface area contributed by atoms with E-state index in [1.807, 2.05) is 13.8 Å². The third-order valence-electron chi connectivity index (χ3n) is 5.01. The third kappa shape index (κ3) is 5.70. The molecule has 0 aliphatic carbocycles. The lowest BCUT2D eigenvalue weighted by Gasteiger charge is -2.29. The average molecular weight is 460 g/mol. The van der Waals surface area contributed by atoms with Crippen molar-refractivity contribution in [2.24, 2.45) is 0 Å². The lowest BCUT2D eigenvalue weighted by atomic mass is 10.1. The van der Waals surface area contributed by atoms with Crippen LogP contribution in [-0.4, -0.2) is 25.3 Å². The summed E-state index contributed by atoms with van der Waals surface area (Å²) in [5.74, 6) is -1.32. The Morgan fingerprint density at radius 1 is 0.969 bits per heavy atom. The third-order valence-corrected chi connectivity index (χ3v) is 6.28. The first-order valence-electron chi connectivity index (χ1n) is 10.0. The van der Waals surface area contributed by atoms with Crippen LogP contribution in [0.4, 0.5) is 8.78 Å². The van der Waals surface area contributed by atoms with Gasteiger partial charge in [-0.05, 0) is 73.5 Å². The Morgan fingerprint density at radius 3 is 2.31 bits per heavy atom. The van der Waals surface area contributed by atoms with E-state index < -0.39 is 21.8 Å². The van der Waals surface area contributed by atoms with Gasteiger partial charge in [-0.3, -0.25) is 4.79 Å². The number of rotatable bonds is 8. The van der Waals surface area contributed by atoms with Crippen LogP contribution in [0.2, 0.25) is 0 Å². The second-order valence-electron chi connectivity index (χ2n) is 7.34. The molecule has 0 fully saturated rings. The Labute approximate surface area is 186 Å².